The van der Waals surface area contributed by atoms with E-state index in [2.05, 4.69) is 4.98 Å². The third-order valence-corrected chi connectivity index (χ3v) is 2.62. The van der Waals surface area contributed by atoms with Gasteiger partial charge in [-0.2, -0.15) is 18.2 Å². The molecule has 22 heavy (non-hydrogen) atoms. The van der Waals surface area contributed by atoms with Gasteiger partial charge in [-0.3, -0.25) is 10.1 Å². The number of H-pyrrole nitrogens is 1. The van der Waals surface area contributed by atoms with Gasteiger partial charge in [0.2, 0.25) is 0 Å². The number of aromatic amines is 1. The average Bonchev–Trinajstić information content (AvgIpc) is 2.44. The van der Waals surface area contributed by atoms with Crippen LogP contribution in [0.3, 0.4) is 0 Å². The maximum Gasteiger partial charge on any atom is 0.431 e. The van der Waals surface area contributed by atoms with Crippen LogP contribution in [0.1, 0.15) is 17.0 Å². The van der Waals surface area contributed by atoms with Crippen molar-refractivity contribution in [2.24, 2.45) is 0 Å². The molecule has 0 aliphatic carbocycles. The third kappa shape index (κ3) is 3.78. The summed E-state index contributed by atoms with van der Waals surface area (Å²) >= 11 is 0. The van der Waals surface area contributed by atoms with Crippen LogP contribution in [0.4, 0.5) is 18.9 Å². The summed E-state index contributed by atoms with van der Waals surface area (Å²) in [6.45, 7) is 0. The number of nitro groups is 1. The zero-order valence-corrected chi connectivity index (χ0v) is 10.8. The van der Waals surface area contributed by atoms with Gasteiger partial charge in [-0.15, -0.1) is 0 Å². The van der Waals surface area contributed by atoms with Crippen molar-refractivity contribution in [3.8, 4) is 0 Å². The van der Waals surface area contributed by atoms with Crippen LogP contribution in [0.2, 0.25) is 0 Å². The molecule has 9 heteroatoms. The molecule has 0 atom stereocenters. The standard InChI is InChI=1S/C13H8F3N3O3/c14-13(15,16)11-7-9(17-12(20)18-11)4-1-8-2-5-10(6-3-8)19(21)22/h1-7H,(H,17,18,20)/b4-1+. The highest BCUT2D eigenvalue weighted by Crippen LogP contribution is 2.27. The van der Waals surface area contributed by atoms with Gasteiger partial charge in [-0.1, -0.05) is 6.08 Å². The number of alkyl halides is 3. The highest BCUT2D eigenvalue weighted by Gasteiger charge is 2.32. The van der Waals surface area contributed by atoms with E-state index >= 15 is 0 Å². The number of nitrogens with zero attached hydrogens (tertiary/aromatic N) is 2. The molecular weight excluding hydrogens is 303 g/mol. The van der Waals surface area contributed by atoms with Gasteiger partial charge in [-0.25, -0.2) is 4.79 Å². The summed E-state index contributed by atoms with van der Waals surface area (Å²) in [5.74, 6) is 0. The molecule has 1 heterocycles. The number of hydrogen-bond acceptors (Lipinski definition) is 4. The van der Waals surface area contributed by atoms with E-state index in [0.717, 1.165) is 0 Å². The Hall–Kier alpha value is -2.97. The fraction of sp³-hybridized carbons (Fsp3) is 0.0769. The minimum atomic E-state index is -4.68. The first kappa shape index (κ1) is 15.4. The Morgan fingerprint density at radius 1 is 1.18 bits per heavy atom. The van der Waals surface area contributed by atoms with E-state index in [9.17, 15) is 28.1 Å². The molecule has 2 rings (SSSR count). The van der Waals surface area contributed by atoms with Crippen LogP contribution in [0.5, 0.6) is 0 Å². The fourth-order valence-electron chi connectivity index (χ4n) is 1.60. The van der Waals surface area contributed by atoms with Crippen LogP contribution >= 0.6 is 0 Å². The second-order valence-corrected chi connectivity index (χ2v) is 4.20. The van der Waals surface area contributed by atoms with Crippen LogP contribution in [-0.4, -0.2) is 14.9 Å². The molecule has 0 radical (unpaired) electrons. The molecule has 0 unspecified atom stereocenters. The lowest BCUT2D eigenvalue weighted by Gasteiger charge is -2.05. The van der Waals surface area contributed by atoms with E-state index in [1.165, 1.54) is 36.4 Å². The number of nitrogens with one attached hydrogen (secondary N) is 1. The molecule has 0 aliphatic rings. The minimum absolute atomic E-state index is 0.106. The quantitative estimate of drug-likeness (QED) is 0.697. The van der Waals surface area contributed by atoms with E-state index in [1.54, 1.807) is 4.98 Å². The van der Waals surface area contributed by atoms with Crippen LogP contribution in [0.15, 0.2) is 35.1 Å². The number of benzene rings is 1. The van der Waals surface area contributed by atoms with Crippen molar-refractivity contribution in [3.63, 3.8) is 0 Å². The lowest BCUT2D eigenvalue weighted by atomic mass is 10.2. The van der Waals surface area contributed by atoms with Crippen LogP contribution < -0.4 is 5.69 Å². The lowest BCUT2D eigenvalue weighted by Crippen LogP contribution is -2.19. The first-order chi connectivity index (χ1) is 10.3. The Morgan fingerprint density at radius 3 is 2.36 bits per heavy atom. The molecule has 0 aliphatic heterocycles. The van der Waals surface area contributed by atoms with Gasteiger partial charge in [0.15, 0.2) is 0 Å². The van der Waals surface area contributed by atoms with Gasteiger partial charge in [0, 0.05) is 12.1 Å². The van der Waals surface area contributed by atoms with Crippen molar-refractivity contribution in [1.29, 1.82) is 0 Å². The summed E-state index contributed by atoms with van der Waals surface area (Å²) < 4.78 is 37.6. The molecule has 114 valence electrons. The summed E-state index contributed by atoms with van der Waals surface area (Å²) in [4.78, 5) is 26.0. The zero-order valence-electron chi connectivity index (χ0n) is 10.8. The van der Waals surface area contributed by atoms with Gasteiger partial charge in [0.05, 0.1) is 10.6 Å². The lowest BCUT2D eigenvalue weighted by molar-refractivity contribution is -0.384. The topological polar surface area (TPSA) is 88.9 Å². The summed E-state index contributed by atoms with van der Waals surface area (Å²) in [6, 6.07) is 6.06. The highest BCUT2D eigenvalue weighted by molar-refractivity contribution is 5.68. The summed E-state index contributed by atoms with van der Waals surface area (Å²) in [6.07, 6.45) is -2.07. The predicted molar refractivity (Wildman–Crippen MR) is 71.9 cm³/mol. The molecule has 0 amide bonds. The fourth-order valence-corrected chi connectivity index (χ4v) is 1.60. The van der Waals surface area contributed by atoms with Crippen molar-refractivity contribution in [2.75, 3.05) is 0 Å². The Bertz CT molecular complexity index is 780. The normalized spacial score (nSPS) is 11.8. The molecule has 1 N–H and O–H groups in total. The molecule has 1 aromatic heterocycles. The first-order valence-corrected chi connectivity index (χ1v) is 5.87. The highest BCUT2D eigenvalue weighted by atomic mass is 19.4. The van der Waals surface area contributed by atoms with E-state index in [4.69, 9.17) is 0 Å². The van der Waals surface area contributed by atoms with Gasteiger partial charge < -0.3 is 4.98 Å². The first-order valence-electron chi connectivity index (χ1n) is 5.87. The van der Waals surface area contributed by atoms with Gasteiger partial charge in [0.1, 0.15) is 5.69 Å². The van der Waals surface area contributed by atoms with Crippen molar-refractivity contribution < 1.29 is 18.1 Å². The third-order valence-electron chi connectivity index (χ3n) is 2.62. The number of hydrogen-bond donors (Lipinski definition) is 1. The van der Waals surface area contributed by atoms with E-state index in [0.29, 0.717) is 11.6 Å². The molecule has 2 aromatic rings. The monoisotopic (exact) mass is 311 g/mol. The average molecular weight is 311 g/mol. The van der Waals surface area contributed by atoms with Crippen molar-refractivity contribution in [3.05, 3.63) is 67.9 Å². The predicted octanol–water partition coefficient (Wildman–Crippen LogP) is 2.87. The SMILES string of the molecule is O=c1nc(/C=C/c2ccc([N+](=O)[O-])cc2)cc(C(F)(F)F)[nH]1. The Labute approximate surface area is 121 Å². The molecule has 0 spiro atoms. The molecule has 1 aromatic carbocycles. The van der Waals surface area contributed by atoms with Crippen molar-refractivity contribution in [2.45, 2.75) is 6.18 Å². The van der Waals surface area contributed by atoms with Crippen molar-refractivity contribution in [1.82, 2.24) is 9.97 Å². The minimum Gasteiger partial charge on any atom is -0.302 e. The van der Waals surface area contributed by atoms with Crippen LogP contribution in [0, 0.1) is 10.1 Å². The molecule has 0 fully saturated rings. The molecule has 6 nitrogen and oxygen atoms in total. The molecule has 0 saturated carbocycles. The smallest absolute Gasteiger partial charge is 0.302 e. The van der Waals surface area contributed by atoms with Gasteiger partial charge in [-0.05, 0) is 29.8 Å². The zero-order chi connectivity index (χ0) is 16.3. The molecule has 0 saturated heterocycles. The number of rotatable bonds is 3. The van der Waals surface area contributed by atoms with Crippen molar-refractivity contribution >= 4 is 17.8 Å². The Kier molecular flexibility index (Phi) is 4.06. The second kappa shape index (κ2) is 5.80. The maximum absolute atomic E-state index is 12.5. The second-order valence-electron chi connectivity index (χ2n) is 4.20. The largest absolute Gasteiger partial charge is 0.431 e. The number of aromatic nitrogens is 2. The van der Waals surface area contributed by atoms with Gasteiger partial charge in [0.25, 0.3) is 5.69 Å². The van der Waals surface area contributed by atoms with Crippen LogP contribution in [0.25, 0.3) is 12.2 Å². The number of nitro benzene ring substituents is 1. The molecule has 0 bridgehead atoms. The van der Waals surface area contributed by atoms with E-state index in [-0.39, 0.29) is 11.4 Å². The summed E-state index contributed by atoms with van der Waals surface area (Å²) in [5.41, 5.74) is -2.07. The van der Waals surface area contributed by atoms with Gasteiger partial charge >= 0.3 is 11.9 Å². The Balaban J connectivity index is 2.28. The Morgan fingerprint density at radius 2 is 1.82 bits per heavy atom. The number of halogens is 3. The van der Waals surface area contributed by atoms with E-state index in [1.807, 2.05) is 0 Å². The number of non-ortho nitro benzene ring substituents is 1. The molecular formula is C13H8F3N3O3. The summed E-state index contributed by atoms with van der Waals surface area (Å²) in [5, 5.41) is 10.5. The van der Waals surface area contributed by atoms with Crippen LogP contribution in [-0.2, 0) is 6.18 Å². The maximum atomic E-state index is 12.5. The summed E-state index contributed by atoms with van der Waals surface area (Å²) in [7, 11) is 0. The van der Waals surface area contributed by atoms with E-state index < -0.39 is 22.5 Å².